The van der Waals surface area contributed by atoms with Gasteiger partial charge in [-0.25, -0.2) is 4.79 Å². The van der Waals surface area contributed by atoms with Crippen LogP contribution in [0.3, 0.4) is 0 Å². The van der Waals surface area contributed by atoms with E-state index in [1.165, 1.54) is 0 Å². The van der Waals surface area contributed by atoms with Crippen molar-refractivity contribution in [2.45, 2.75) is 19.9 Å². The SMILES string of the molecule is CC(C)NC(=O)Nc1c(Cl)cc(Br)cc1Cl. The lowest BCUT2D eigenvalue weighted by molar-refractivity contribution is 0.250. The molecule has 6 heteroatoms. The molecule has 1 aromatic carbocycles. The molecular formula is C10H11BrCl2N2O. The molecule has 0 spiro atoms. The highest BCUT2D eigenvalue weighted by Gasteiger charge is 2.11. The van der Waals surface area contributed by atoms with Gasteiger partial charge in [-0.2, -0.15) is 0 Å². The lowest BCUT2D eigenvalue weighted by Gasteiger charge is -2.12. The highest BCUT2D eigenvalue weighted by Crippen LogP contribution is 2.33. The molecule has 0 saturated heterocycles. The first kappa shape index (κ1) is 13.6. The van der Waals surface area contributed by atoms with Gasteiger partial charge in [-0.15, -0.1) is 0 Å². The molecule has 1 aromatic rings. The number of hydrogen-bond donors (Lipinski definition) is 2. The molecule has 0 aliphatic rings. The Morgan fingerprint density at radius 1 is 1.31 bits per heavy atom. The van der Waals surface area contributed by atoms with Gasteiger partial charge in [0, 0.05) is 10.5 Å². The van der Waals surface area contributed by atoms with Gasteiger partial charge in [0.25, 0.3) is 0 Å². The summed E-state index contributed by atoms with van der Waals surface area (Å²) in [6.07, 6.45) is 0. The minimum absolute atomic E-state index is 0.0491. The molecule has 0 aromatic heterocycles. The van der Waals surface area contributed by atoms with Gasteiger partial charge in [0.15, 0.2) is 0 Å². The summed E-state index contributed by atoms with van der Waals surface area (Å²) in [4.78, 5) is 11.5. The second-order valence-corrected chi connectivity index (χ2v) is 5.23. The van der Waals surface area contributed by atoms with Crippen LogP contribution in [-0.2, 0) is 0 Å². The minimum Gasteiger partial charge on any atom is -0.336 e. The Morgan fingerprint density at radius 3 is 2.25 bits per heavy atom. The van der Waals surface area contributed by atoms with E-state index in [-0.39, 0.29) is 12.1 Å². The van der Waals surface area contributed by atoms with Gasteiger partial charge < -0.3 is 10.6 Å². The number of amides is 2. The van der Waals surface area contributed by atoms with Gasteiger partial charge in [0.2, 0.25) is 0 Å². The summed E-state index contributed by atoms with van der Waals surface area (Å²) in [5, 5.41) is 6.06. The highest BCUT2D eigenvalue weighted by atomic mass is 79.9. The molecule has 0 fully saturated rings. The molecule has 88 valence electrons. The number of hydrogen-bond acceptors (Lipinski definition) is 1. The first-order chi connectivity index (χ1) is 7.40. The first-order valence-corrected chi connectivity index (χ1v) is 6.17. The zero-order valence-corrected chi connectivity index (χ0v) is 11.9. The van der Waals surface area contributed by atoms with Crippen molar-refractivity contribution in [1.29, 1.82) is 0 Å². The Labute approximate surface area is 113 Å². The van der Waals surface area contributed by atoms with Crippen LogP contribution >= 0.6 is 39.1 Å². The largest absolute Gasteiger partial charge is 0.336 e. The van der Waals surface area contributed by atoms with E-state index in [4.69, 9.17) is 23.2 Å². The van der Waals surface area contributed by atoms with Gasteiger partial charge >= 0.3 is 6.03 Å². The van der Waals surface area contributed by atoms with E-state index in [2.05, 4.69) is 26.6 Å². The van der Waals surface area contributed by atoms with E-state index in [0.717, 1.165) is 4.47 Å². The molecule has 2 N–H and O–H groups in total. The predicted octanol–water partition coefficient (Wildman–Crippen LogP) is 4.29. The number of benzene rings is 1. The van der Waals surface area contributed by atoms with Crippen molar-refractivity contribution in [1.82, 2.24) is 5.32 Å². The Balaban J connectivity index is 2.85. The highest BCUT2D eigenvalue weighted by molar-refractivity contribution is 9.10. The van der Waals surface area contributed by atoms with Gasteiger partial charge in [0.1, 0.15) is 0 Å². The Bertz CT molecular complexity index is 387. The van der Waals surface area contributed by atoms with Crippen molar-refractivity contribution in [3.05, 3.63) is 26.7 Å². The van der Waals surface area contributed by atoms with Crippen LogP contribution in [0, 0.1) is 0 Å². The molecule has 0 saturated carbocycles. The smallest absolute Gasteiger partial charge is 0.319 e. The quantitative estimate of drug-likeness (QED) is 0.837. The molecule has 0 atom stereocenters. The zero-order chi connectivity index (χ0) is 12.3. The Kier molecular flexibility index (Phi) is 4.89. The van der Waals surface area contributed by atoms with Crippen molar-refractivity contribution in [2.24, 2.45) is 0 Å². The van der Waals surface area contributed by atoms with Gasteiger partial charge in [0.05, 0.1) is 15.7 Å². The van der Waals surface area contributed by atoms with Crippen LogP contribution in [0.1, 0.15) is 13.8 Å². The van der Waals surface area contributed by atoms with Crippen molar-refractivity contribution in [3.8, 4) is 0 Å². The van der Waals surface area contributed by atoms with E-state index < -0.39 is 0 Å². The second kappa shape index (κ2) is 5.75. The maximum absolute atomic E-state index is 11.5. The predicted molar refractivity (Wildman–Crippen MR) is 71.5 cm³/mol. The fourth-order valence-electron chi connectivity index (χ4n) is 1.07. The second-order valence-electron chi connectivity index (χ2n) is 3.50. The minimum atomic E-state index is -0.332. The molecular weight excluding hydrogens is 315 g/mol. The van der Waals surface area contributed by atoms with Crippen LogP contribution in [0.4, 0.5) is 10.5 Å². The molecule has 16 heavy (non-hydrogen) atoms. The monoisotopic (exact) mass is 324 g/mol. The molecule has 3 nitrogen and oxygen atoms in total. The summed E-state index contributed by atoms with van der Waals surface area (Å²) in [6.45, 7) is 3.73. The topological polar surface area (TPSA) is 41.1 Å². The number of rotatable bonds is 2. The molecule has 0 aliphatic heterocycles. The van der Waals surface area contributed by atoms with Crippen LogP contribution < -0.4 is 10.6 Å². The average Bonchev–Trinajstić information content (AvgIpc) is 2.09. The first-order valence-electron chi connectivity index (χ1n) is 4.62. The molecule has 0 heterocycles. The van der Waals surface area contributed by atoms with Crippen LogP contribution in [-0.4, -0.2) is 12.1 Å². The summed E-state index contributed by atoms with van der Waals surface area (Å²) >= 11 is 15.2. The van der Waals surface area contributed by atoms with Gasteiger partial charge in [-0.3, -0.25) is 0 Å². The number of carbonyl (C=O) groups is 1. The van der Waals surface area contributed by atoms with Crippen LogP contribution in [0.15, 0.2) is 16.6 Å². The van der Waals surface area contributed by atoms with Gasteiger partial charge in [-0.1, -0.05) is 39.1 Å². The standard InChI is InChI=1S/C10H11BrCl2N2O/c1-5(2)14-10(16)15-9-7(12)3-6(11)4-8(9)13/h3-5H,1-2H3,(H2,14,15,16). The molecule has 0 bridgehead atoms. The van der Waals surface area contributed by atoms with Crippen LogP contribution in [0.5, 0.6) is 0 Å². The fraction of sp³-hybridized carbons (Fsp3) is 0.300. The third-order valence-corrected chi connectivity index (χ3v) is 2.72. The Morgan fingerprint density at radius 2 is 1.81 bits per heavy atom. The van der Waals surface area contributed by atoms with E-state index in [9.17, 15) is 4.79 Å². The number of halogens is 3. The summed E-state index contributed by atoms with van der Waals surface area (Å²) in [5.41, 5.74) is 0.407. The zero-order valence-electron chi connectivity index (χ0n) is 8.77. The number of carbonyl (C=O) groups excluding carboxylic acids is 1. The maximum atomic E-state index is 11.5. The summed E-state index contributed by atoms with van der Waals surface area (Å²) in [6, 6.07) is 3.05. The van der Waals surface area contributed by atoms with Crippen LogP contribution in [0.25, 0.3) is 0 Å². The average molecular weight is 326 g/mol. The van der Waals surface area contributed by atoms with Crippen molar-refractivity contribution in [2.75, 3.05) is 5.32 Å². The fourth-order valence-corrected chi connectivity index (χ4v) is 2.38. The number of anilines is 1. The van der Waals surface area contributed by atoms with E-state index >= 15 is 0 Å². The molecule has 1 rings (SSSR count). The molecule has 0 radical (unpaired) electrons. The van der Waals surface area contributed by atoms with Crippen molar-refractivity contribution >= 4 is 50.9 Å². The summed E-state index contributed by atoms with van der Waals surface area (Å²) in [5.74, 6) is 0. The lowest BCUT2D eigenvalue weighted by Crippen LogP contribution is -2.34. The van der Waals surface area contributed by atoms with Gasteiger partial charge in [-0.05, 0) is 26.0 Å². The lowest BCUT2D eigenvalue weighted by atomic mass is 10.3. The maximum Gasteiger partial charge on any atom is 0.319 e. The third kappa shape index (κ3) is 3.85. The normalized spacial score (nSPS) is 10.4. The number of urea groups is 1. The molecule has 2 amide bonds. The van der Waals surface area contributed by atoms with E-state index in [1.54, 1.807) is 12.1 Å². The molecule has 0 aliphatic carbocycles. The third-order valence-electron chi connectivity index (χ3n) is 1.67. The number of nitrogens with one attached hydrogen (secondary N) is 2. The summed E-state index contributed by atoms with van der Waals surface area (Å²) < 4.78 is 0.761. The molecule has 0 unspecified atom stereocenters. The van der Waals surface area contributed by atoms with Crippen molar-refractivity contribution < 1.29 is 4.79 Å². The van der Waals surface area contributed by atoms with E-state index in [0.29, 0.717) is 15.7 Å². The van der Waals surface area contributed by atoms with Crippen molar-refractivity contribution in [3.63, 3.8) is 0 Å². The Hall–Kier alpha value is -0.450. The van der Waals surface area contributed by atoms with E-state index in [1.807, 2.05) is 13.8 Å². The van der Waals surface area contributed by atoms with Crippen LogP contribution in [0.2, 0.25) is 10.0 Å². The summed E-state index contributed by atoms with van der Waals surface area (Å²) in [7, 11) is 0.